The molecule has 0 aromatic carbocycles. The number of nitrogens with two attached hydrogens (primary N) is 1. The van der Waals surface area contributed by atoms with Crippen molar-refractivity contribution >= 4 is 17.9 Å². The summed E-state index contributed by atoms with van der Waals surface area (Å²) >= 11 is 0. The van der Waals surface area contributed by atoms with E-state index in [1.165, 1.54) is 0 Å². The molecule has 160 valence electrons. The first-order valence-electron chi connectivity index (χ1n) is 10.4. The van der Waals surface area contributed by atoms with Gasteiger partial charge in [0.25, 0.3) is 0 Å². The van der Waals surface area contributed by atoms with E-state index in [0.717, 1.165) is 0 Å². The van der Waals surface area contributed by atoms with Gasteiger partial charge in [-0.2, -0.15) is 0 Å². The number of carbonyl (C=O) groups is 3. The third kappa shape index (κ3) is 3.53. The molecule has 9 nitrogen and oxygen atoms in total. The van der Waals surface area contributed by atoms with E-state index in [2.05, 4.69) is 0 Å². The molecule has 4 atom stereocenters. The molecule has 2 aliphatic heterocycles. The van der Waals surface area contributed by atoms with Gasteiger partial charge in [0, 0.05) is 12.8 Å². The molecule has 6 fully saturated rings. The van der Waals surface area contributed by atoms with E-state index >= 15 is 0 Å². The van der Waals surface area contributed by atoms with Crippen LogP contribution < -0.4 is 5.73 Å². The van der Waals surface area contributed by atoms with Gasteiger partial charge in [-0.15, -0.1) is 0 Å². The van der Waals surface area contributed by atoms with Gasteiger partial charge in [-0.25, -0.2) is 0 Å². The number of carbonyl (C=O) groups excluding carboxylic acids is 3. The van der Waals surface area contributed by atoms with Crippen LogP contribution in [0.3, 0.4) is 0 Å². The fraction of sp³-hybridized carbons (Fsp3) is 0.850. The highest BCUT2D eigenvalue weighted by Crippen LogP contribution is 2.68. The Morgan fingerprint density at radius 2 is 1.38 bits per heavy atom. The molecule has 0 aromatic heterocycles. The monoisotopic (exact) mass is 409 g/mol. The Hall–Kier alpha value is -1.71. The van der Waals surface area contributed by atoms with Gasteiger partial charge in [-0.1, -0.05) is 0 Å². The molecule has 4 aliphatic carbocycles. The minimum Gasteiger partial charge on any atom is -0.462 e. The summed E-state index contributed by atoms with van der Waals surface area (Å²) in [5, 5.41) is 0. The Morgan fingerprint density at radius 1 is 0.862 bits per heavy atom. The lowest BCUT2D eigenvalue weighted by molar-refractivity contribution is -0.235. The molecule has 4 bridgehead atoms. The van der Waals surface area contributed by atoms with Crippen molar-refractivity contribution in [2.24, 2.45) is 22.5 Å². The van der Waals surface area contributed by atoms with Crippen LogP contribution in [0.25, 0.3) is 0 Å². The molecule has 2 saturated heterocycles. The molecule has 4 unspecified atom stereocenters. The lowest BCUT2D eigenvalue weighted by Crippen LogP contribution is -2.66. The van der Waals surface area contributed by atoms with Crippen molar-refractivity contribution in [1.29, 1.82) is 0 Å². The summed E-state index contributed by atoms with van der Waals surface area (Å²) in [4.78, 5) is 38.4. The smallest absolute Gasteiger partial charge is 0.320 e. The zero-order valence-corrected chi connectivity index (χ0v) is 16.4. The van der Waals surface area contributed by atoms with Crippen LogP contribution in [0.2, 0.25) is 0 Å². The first-order chi connectivity index (χ1) is 13.9. The third-order valence-electron chi connectivity index (χ3n) is 6.99. The Morgan fingerprint density at radius 3 is 1.83 bits per heavy atom. The van der Waals surface area contributed by atoms with Gasteiger partial charge in [-0.3, -0.25) is 14.4 Å². The predicted octanol–water partition coefficient (Wildman–Crippen LogP) is 0.0815. The molecule has 0 amide bonds. The van der Waals surface area contributed by atoms with Crippen molar-refractivity contribution in [3.63, 3.8) is 0 Å². The summed E-state index contributed by atoms with van der Waals surface area (Å²) in [5.74, 6) is -1.08. The van der Waals surface area contributed by atoms with E-state index in [1.807, 2.05) is 0 Å². The molecule has 0 spiro atoms. The maximum Gasteiger partial charge on any atom is 0.320 e. The van der Waals surface area contributed by atoms with E-state index in [-0.39, 0.29) is 49.8 Å². The second kappa shape index (κ2) is 6.65. The highest BCUT2D eigenvalue weighted by molar-refractivity contribution is 5.84. The van der Waals surface area contributed by atoms with Gasteiger partial charge in [0.2, 0.25) is 0 Å². The maximum atomic E-state index is 13.2. The Labute approximate surface area is 168 Å². The zero-order valence-electron chi connectivity index (χ0n) is 16.4. The van der Waals surface area contributed by atoms with Gasteiger partial charge in [-0.05, 0) is 31.6 Å². The standard InChI is InChI=1S/C20H27NO8/c21-4-15(22)29-20-3-12-1-18(10-20,16(23)27-7-13-5-25-13)9-19(2-12,11-20)17(24)28-8-14-6-26-14/h12-14H,1-11,21H2. The SMILES string of the molecule is NCC(=O)OC12CC3CC(C(=O)OCC4CO4)(C1)CC(C(=O)OCC1CO1)(C3)C2. The molecule has 6 aliphatic rings. The van der Waals surface area contributed by atoms with Gasteiger partial charge in [0.15, 0.2) is 0 Å². The van der Waals surface area contributed by atoms with Crippen molar-refractivity contribution in [1.82, 2.24) is 0 Å². The normalized spacial score (nSPS) is 43.6. The minimum atomic E-state index is -0.875. The van der Waals surface area contributed by atoms with Crippen molar-refractivity contribution in [2.75, 3.05) is 33.0 Å². The van der Waals surface area contributed by atoms with Crippen molar-refractivity contribution in [3.05, 3.63) is 0 Å². The van der Waals surface area contributed by atoms with Crippen LogP contribution in [0.5, 0.6) is 0 Å². The number of epoxide rings is 2. The summed E-state index contributed by atoms with van der Waals surface area (Å²) in [7, 11) is 0. The Balaban J connectivity index is 1.41. The molecule has 2 N–H and O–H groups in total. The topological polar surface area (TPSA) is 130 Å². The quantitative estimate of drug-likeness (QED) is 0.336. The number of ether oxygens (including phenoxy) is 5. The Bertz CT molecular complexity index is 686. The summed E-state index contributed by atoms with van der Waals surface area (Å²) in [5.41, 5.74) is 2.90. The van der Waals surface area contributed by atoms with E-state index in [0.29, 0.717) is 51.7 Å². The van der Waals surface area contributed by atoms with Crippen LogP contribution in [0.4, 0.5) is 0 Å². The van der Waals surface area contributed by atoms with E-state index in [1.54, 1.807) is 0 Å². The lowest BCUT2D eigenvalue weighted by atomic mass is 9.42. The molecule has 6 rings (SSSR count). The number of hydrogen-bond acceptors (Lipinski definition) is 9. The fourth-order valence-electron chi connectivity index (χ4n) is 6.17. The molecular weight excluding hydrogens is 382 g/mol. The molecule has 29 heavy (non-hydrogen) atoms. The summed E-state index contributed by atoms with van der Waals surface area (Å²) < 4.78 is 27.2. The van der Waals surface area contributed by atoms with Crippen molar-refractivity contribution in [3.8, 4) is 0 Å². The van der Waals surface area contributed by atoms with Crippen molar-refractivity contribution in [2.45, 2.75) is 56.3 Å². The second-order valence-electron chi connectivity index (χ2n) is 9.54. The Kier molecular flexibility index (Phi) is 4.42. The van der Waals surface area contributed by atoms with Gasteiger partial charge in [0.1, 0.15) is 31.0 Å². The molecule has 4 saturated carbocycles. The summed E-state index contributed by atoms with van der Waals surface area (Å²) in [6, 6.07) is 0. The third-order valence-corrected chi connectivity index (χ3v) is 6.99. The highest BCUT2D eigenvalue weighted by Gasteiger charge is 2.70. The van der Waals surface area contributed by atoms with Crippen molar-refractivity contribution < 1.29 is 38.1 Å². The van der Waals surface area contributed by atoms with E-state index in [4.69, 9.17) is 29.4 Å². The number of hydrogen-bond donors (Lipinski definition) is 1. The number of esters is 3. The van der Waals surface area contributed by atoms with Crippen LogP contribution >= 0.6 is 0 Å². The van der Waals surface area contributed by atoms with Gasteiger partial charge >= 0.3 is 17.9 Å². The minimum absolute atomic E-state index is 0.0330. The summed E-state index contributed by atoms with van der Waals surface area (Å²) in [6.45, 7) is 1.40. The predicted molar refractivity (Wildman–Crippen MR) is 95.3 cm³/mol. The largest absolute Gasteiger partial charge is 0.462 e. The molecule has 0 aromatic rings. The maximum absolute atomic E-state index is 13.2. The molecule has 2 heterocycles. The first-order valence-corrected chi connectivity index (χ1v) is 10.4. The average Bonchev–Trinajstić information content (AvgIpc) is 3.57. The first kappa shape index (κ1) is 19.3. The molecule has 0 radical (unpaired) electrons. The van der Waals surface area contributed by atoms with Crippen LogP contribution in [0, 0.1) is 16.7 Å². The van der Waals surface area contributed by atoms with Crippen LogP contribution in [-0.4, -0.2) is 68.7 Å². The highest BCUT2D eigenvalue weighted by atomic mass is 16.6. The molecular formula is C20H27NO8. The van der Waals surface area contributed by atoms with Crippen LogP contribution in [0.15, 0.2) is 0 Å². The zero-order chi connectivity index (χ0) is 20.3. The van der Waals surface area contributed by atoms with Crippen LogP contribution in [-0.2, 0) is 38.1 Å². The summed E-state index contributed by atoms with van der Waals surface area (Å²) in [6.07, 6.45) is 2.96. The average molecular weight is 409 g/mol. The second-order valence-corrected chi connectivity index (χ2v) is 9.54. The number of rotatable bonds is 8. The van der Waals surface area contributed by atoms with Gasteiger partial charge in [0.05, 0.1) is 30.6 Å². The fourth-order valence-corrected chi connectivity index (χ4v) is 6.17. The molecule has 9 heteroatoms. The van der Waals surface area contributed by atoms with E-state index in [9.17, 15) is 14.4 Å². The van der Waals surface area contributed by atoms with E-state index < -0.39 is 22.4 Å². The van der Waals surface area contributed by atoms with Gasteiger partial charge < -0.3 is 29.4 Å². The van der Waals surface area contributed by atoms with Crippen LogP contribution in [0.1, 0.15) is 38.5 Å². The lowest BCUT2D eigenvalue weighted by Gasteiger charge is -2.63.